The first kappa shape index (κ1) is 15.9. The van der Waals surface area contributed by atoms with Crippen LogP contribution in [0, 0.1) is 6.92 Å². The number of aryl methyl sites for hydroxylation is 1. The summed E-state index contributed by atoms with van der Waals surface area (Å²) in [5.41, 5.74) is 2.04. The monoisotopic (exact) mass is 307 g/mol. The molecule has 0 aliphatic carbocycles. The highest BCUT2D eigenvalue weighted by Crippen LogP contribution is 2.35. The van der Waals surface area contributed by atoms with Crippen molar-refractivity contribution in [1.82, 2.24) is 4.90 Å². The molecule has 0 saturated carbocycles. The molecule has 2 N–H and O–H groups in total. The van der Waals surface area contributed by atoms with Crippen LogP contribution in [0.5, 0.6) is 11.5 Å². The Balaban J connectivity index is 0.00000161. The summed E-state index contributed by atoms with van der Waals surface area (Å²) in [5.74, 6) is -0.0472. The van der Waals surface area contributed by atoms with Crippen molar-refractivity contribution in [2.24, 2.45) is 0 Å². The molecule has 0 atom stereocenters. The summed E-state index contributed by atoms with van der Waals surface area (Å²) in [6.45, 7) is 5.40. The number of aromatic hydroxyl groups is 2. The number of nitrogens with zero attached hydrogens (tertiary/aromatic N) is 1. The lowest BCUT2D eigenvalue weighted by Gasteiger charge is -2.15. The maximum Gasteiger partial charge on any atom is 0.161 e. The summed E-state index contributed by atoms with van der Waals surface area (Å²) >= 11 is 0. The van der Waals surface area contributed by atoms with Gasteiger partial charge in [-0.3, -0.25) is 0 Å². The van der Waals surface area contributed by atoms with E-state index < -0.39 is 0 Å². The Bertz CT molecular complexity index is 636. The minimum absolute atomic E-state index is 0. The summed E-state index contributed by atoms with van der Waals surface area (Å²) < 4.78 is 0. The van der Waals surface area contributed by atoms with Gasteiger partial charge < -0.3 is 15.1 Å². The van der Waals surface area contributed by atoms with E-state index in [1.807, 2.05) is 13.0 Å². The third kappa shape index (κ3) is 3.25. The summed E-state index contributed by atoms with van der Waals surface area (Å²) in [5, 5.41) is 21.5. The maximum atomic E-state index is 9.84. The predicted octanol–water partition coefficient (Wildman–Crippen LogP) is 3.62. The highest BCUT2D eigenvalue weighted by molar-refractivity contribution is 5.90. The molecule has 0 amide bonds. The number of hydrogen-bond acceptors (Lipinski definition) is 3. The molecule has 0 radical (unpaired) electrons. The third-order valence-electron chi connectivity index (χ3n) is 4.33. The Morgan fingerprint density at radius 2 is 1.81 bits per heavy atom. The van der Waals surface area contributed by atoms with Crippen LogP contribution in [0.4, 0.5) is 0 Å². The van der Waals surface area contributed by atoms with Crippen molar-refractivity contribution in [1.29, 1.82) is 0 Å². The molecule has 2 aromatic carbocycles. The number of halogens is 1. The van der Waals surface area contributed by atoms with Gasteiger partial charge in [-0.15, -0.1) is 12.4 Å². The quantitative estimate of drug-likeness (QED) is 0.851. The van der Waals surface area contributed by atoms with Crippen molar-refractivity contribution in [3.63, 3.8) is 0 Å². The molecular weight excluding hydrogens is 286 g/mol. The van der Waals surface area contributed by atoms with Crippen molar-refractivity contribution in [3.8, 4) is 11.5 Å². The molecule has 0 unspecified atom stereocenters. The van der Waals surface area contributed by atoms with Crippen molar-refractivity contribution >= 4 is 23.2 Å². The van der Waals surface area contributed by atoms with E-state index in [1.54, 1.807) is 6.07 Å². The van der Waals surface area contributed by atoms with Crippen molar-refractivity contribution in [2.45, 2.75) is 26.2 Å². The first-order valence-corrected chi connectivity index (χ1v) is 7.31. The first-order chi connectivity index (χ1) is 9.65. The SMILES string of the molecule is Cc1c(O)c(O)cc2ccc(CCN3CCCC3)cc12.Cl. The van der Waals surface area contributed by atoms with Gasteiger partial charge in [0.15, 0.2) is 11.5 Å². The van der Waals surface area contributed by atoms with E-state index in [1.165, 1.54) is 31.5 Å². The fraction of sp³-hybridized carbons (Fsp3) is 0.412. The lowest BCUT2D eigenvalue weighted by molar-refractivity contribution is 0.343. The second kappa shape index (κ2) is 6.54. The molecule has 0 aromatic heterocycles. The van der Waals surface area contributed by atoms with E-state index in [0.717, 1.165) is 29.3 Å². The first-order valence-electron chi connectivity index (χ1n) is 7.31. The molecule has 3 rings (SSSR count). The third-order valence-corrected chi connectivity index (χ3v) is 4.33. The predicted molar refractivity (Wildman–Crippen MR) is 88.6 cm³/mol. The number of likely N-dealkylation sites (tertiary alicyclic amines) is 1. The molecule has 21 heavy (non-hydrogen) atoms. The Hall–Kier alpha value is -1.45. The average Bonchev–Trinajstić information content (AvgIpc) is 2.96. The minimum atomic E-state index is -0.0418. The van der Waals surface area contributed by atoms with Gasteiger partial charge in [-0.2, -0.15) is 0 Å². The van der Waals surface area contributed by atoms with Gasteiger partial charge in [-0.05, 0) is 61.7 Å². The van der Waals surface area contributed by atoms with Crippen LogP contribution in [0.1, 0.15) is 24.0 Å². The zero-order valence-corrected chi connectivity index (χ0v) is 13.1. The van der Waals surface area contributed by atoms with E-state index in [2.05, 4.69) is 17.0 Å². The molecule has 3 nitrogen and oxygen atoms in total. The van der Waals surface area contributed by atoms with Crippen molar-refractivity contribution in [2.75, 3.05) is 19.6 Å². The number of phenols is 2. The van der Waals surface area contributed by atoms with Gasteiger partial charge in [0, 0.05) is 12.1 Å². The molecule has 1 aliphatic heterocycles. The molecule has 0 bridgehead atoms. The maximum absolute atomic E-state index is 9.84. The average molecular weight is 308 g/mol. The van der Waals surface area contributed by atoms with Gasteiger partial charge in [-0.25, -0.2) is 0 Å². The van der Waals surface area contributed by atoms with Crippen LogP contribution < -0.4 is 0 Å². The smallest absolute Gasteiger partial charge is 0.161 e. The van der Waals surface area contributed by atoms with E-state index in [-0.39, 0.29) is 23.9 Å². The molecule has 114 valence electrons. The number of hydrogen-bond donors (Lipinski definition) is 2. The topological polar surface area (TPSA) is 43.7 Å². The Morgan fingerprint density at radius 3 is 2.52 bits per heavy atom. The number of fused-ring (bicyclic) bond motifs is 1. The number of benzene rings is 2. The fourth-order valence-electron chi connectivity index (χ4n) is 3.04. The lowest BCUT2D eigenvalue weighted by Crippen LogP contribution is -2.21. The highest BCUT2D eigenvalue weighted by atomic mass is 35.5. The lowest BCUT2D eigenvalue weighted by atomic mass is 10.00. The van der Waals surface area contributed by atoms with Crippen molar-refractivity contribution < 1.29 is 10.2 Å². The summed E-state index contributed by atoms with van der Waals surface area (Å²) in [6.07, 6.45) is 3.69. The van der Waals surface area contributed by atoms with Gasteiger partial charge in [0.2, 0.25) is 0 Å². The summed E-state index contributed by atoms with van der Waals surface area (Å²) in [4.78, 5) is 2.51. The Labute approximate surface area is 131 Å². The summed E-state index contributed by atoms with van der Waals surface area (Å²) in [7, 11) is 0. The van der Waals surface area contributed by atoms with Crippen LogP contribution >= 0.6 is 12.4 Å². The molecular formula is C17H22ClNO2. The molecule has 4 heteroatoms. The second-order valence-electron chi connectivity index (χ2n) is 5.72. The van der Waals surface area contributed by atoms with Crippen LogP contribution in [0.25, 0.3) is 10.8 Å². The van der Waals surface area contributed by atoms with Crippen LogP contribution in [-0.4, -0.2) is 34.7 Å². The van der Waals surface area contributed by atoms with Crippen molar-refractivity contribution in [3.05, 3.63) is 35.4 Å². The van der Waals surface area contributed by atoms with Crippen LogP contribution in [-0.2, 0) is 6.42 Å². The van der Waals surface area contributed by atoms with E-state index >= 15 is 0 Å². The molecule has 1 aliphatic rings. The zero-order valence-electron chi connectivity index (χ0n) is 12.3. The Morgan fingerprint density at radius 1 is 1.10 bits per heavy atom. The van der Waals surface area contributed by atoms with Gasteiger partial charge in [0.25, 0.3) is 0 Å². The molecule has 1 fully saturated rings. The molecule has 0 spiro atoms. The van der Waals surface area contributed by atoms with Gasteiger partial charge in [-0.1, -0.05) is 18.2 Å². The normalized spacial score (nSPS) is 15.3. The van der Waals surface area contributed by atoms with E-state index in [0.29, 0.717) is 0 Å². The number of phenolic OH excluding ortho intramolecular Hbond substituents is 2. The van der Waals surface area contributed by atoms with Crippen LogP contribution in [0.2, 0.25) is 0 Å². The summed E-state index contributed by atoms with van der Waals surface area (Å²) in [6, 6.07) is 7.91. The minimum Gasteiger partial charge on any atom is -0.504 e. The highest BCUT2D eigenvalue weighted by Gasteiger charge is 2.12. The molecule has 2 aromatic rings. The van der Waals surface area contributed by atoms with E-state index in [4.69, 9.17) is 0 Å². The molecule has 1 saturated heterocycles. The number of rotatable bonds is 3. The zero-order chi connectivity index (χ0) is 14.1. The van der Waals surface area contributed by atoms with Crippen LogP contribution in [0.15, 0.2) is 24.3 Å². The van der Waals surface area contributed by atoms with Gasteiger partial charge in [0.1, 0.15) is 0 Å². The fourth-order valence-corrected chi connectivity index (χ4v) is 3.04. The van der Waals surface area contributed by atoms with Gasteiger partial charge >= 0.3 is 0 Å². The Kier molecular flexibility index (Phi) is 4.96. The standard InChI is InChI=1S/C17H21NO2.ClH/c1-12-15-10-13(6-9-18-7-2-3-8-18)4-5-14(15)11-16(19)17(12)20;/h4-5,10-11,19-20H,2-3,6-9H2,1H3;1H. The van der Waals surface area contributed by atoms with Crippen LogP contribution in [0.3, 0.4) is 0 Å². The largest absolute Gasteiger partial charge is 0.504 e. The van der Waals surface area contributed by atoms with Gasteiger partial charge in [0.05, 0.1) is 0 Å². The molecule has 1 heterocycles. The second-order valence-corrected chi connectivity index (χ2v) is 5.72. The van der Waals surface area contributed by atoms with E-state index in [9.17, 15) is 10.2 Å².